The van der Waals surface area contributed by atoms with E-state index in [9.17, 15) is 19.7 Å². The molecule has 2 aromatic carbocycles. The largest absolute Gasteiger partial charge is 0.391 e. The Morgan fingerprint density at radius 3 is 2.00 bits per heavy atom. The summed E-state index contributed by atoms with van der Waals surface area (Å²) in [4.78, 5) is 36.8. The maximum Gasteiger partial charge on any atom is 0.391 e. The van der Waals surface area contributed by atoms with Crippen molar-refractivity contribution in [2.75, 3.05) is 0 Å². The molecule has 0 spiro atoms. The minimum absolute atomic E-state index is 0. The third-order valence-electron chi connectivity index (χ3n) is 4.00. The van der Waals surface area contributed by atoms with Gasteiger partial charge in [-0.1, -0.05) is 40.4 Å². The van der Waals surface area contributed by atoms with Gasteiger partial charge in [0.2, 0.25) is 11.8 Å². The number of benzene rings is 2. The SMILES string of the molecule is CC(C)(C)[N+](Cl)(C(=O)c1ccccc1Cl)N(Cl)C(=O)c1ccccc1[N+](=O)[O-].Cl. The predicted octanol–water partition coefficient (Wildman–Crippen LogP) is 5.79. The van der Waals surface area contributed by atoms with Crippen molar-refractivity contribution in [2.24, 2.45) is 0 Å². The van der Waals surface area contributed by atoms with E-state index in [1.807, 2.05) is 0 Å². The molecule has 0 saturated carbocycles. The van der Waals surface area contributed by atoms with E-state index in [1.54, 1.807) is 32.9 Å². The number of quaternary nitrogens is 1. The molecular weight excluding hydrogens is 464 g/mol. The standard InChI is InChI=1S/C18H17Cl3N3O4.ClH/c1-18(2,3)24(21,17(26)12-8-4-6-10-14(12)19)22(20)16(25)13-9-5-7-11-15(13)23(27)28;/h4-11H,1-3H3;1H/q+1;. The van der Waals surface area contributed by atoms with Crippen molar-refractivity contribution >= 4 is 65.1 Å². The van der Waals surface area contributed by atoms with E-state index in [4.69, 9.17) is 35.2 Å². The summed E-state index contributed by atoms with van der Waals surface area (Å²) in [6, 6.07) is 11.4. The predicted molar refractivity (Wildman–Crippen MR) is 114 cm³/mol. The zero-order valence-electron chi connectivity index (χ0n) is 15.6. The third-order valence-corrected chi connectivity index (χ3v) is 5.60. The zero-order valence-corrected chi connectivity index (χ0v) is 18.7. The number of hydrogen-bond acceptors (Lipinski definition) is 4. The van der Waals surface area contributed by atoms with Gasteiger partial charge in [-0.2, -0.15) is 0 Å². The van der Waals surface area contributed by atoms with E-state index < -0.39 is 32.1 Å². The highest BCUT2D eigenvalue weighted by molar-refractivity contribution is 6.34. The number of amides is 2. The second kappa shape index (κ2) is 9.28. The maximum absolute atomic E-state index is 13.3. The molecule has 11 heteroatoms. The monoisotopic (exact) mass is 480 g/mol. The van der Waals surface area contributed by atoms with Crippen LogP contribution in [0.25, 0.3) is 0 Å². The smallest absolute Gasteiger partial charge is 0.262 e. The van der Waals surface area contributed by atoms with Crippen molar-refractivity contribution in [1.29, 1.82) is 0 Å². The Morgan fingerprint density at radius 2 is 1.52 bits per heavy atom. The van der Waals surface area contributed by atoms with Crippen LogP contribution in [-0.2, 0) is 0 Å². The quantitative estimate of drug-likeness (QED) is 0.315. The minimum atomic E-state index is -1.22. The van der Waals surface area contributed by atoms with Crippen molar-refractivity contribution in [1.82, 2.24) is 4.53 Å². The number of rotatable bonds is 3. The van der Waals surface area contributed by atoms with Gasteiger partial charge in [0.25, 0.3) is 5.69 Å². The Kier molecular flexibility index (Phi) is 8.04. The van der Waals surface area contributed by atoms with Crippen LogP contribution in [0.3, 0.4) is 0 Å². The van der Waals surface area contributed by atoms with Crippen LogP contribution in [0.5, 0.6) is 0 Å². The van der Waals surface area contributed by atoms with Crippen molar-refractivity contribution in [3.8, 4) is 0 Å². The van der Waals surface area contributed by atoms with Gasteiger partial charge in [-0.25, -0.2) is 4.79 Å². The van der Waals surface area contributed by atoms with E-state index in [0.717, 1.165) is 6.07 Å². The molecule has 29 heavy (non-hydrogen) atoms. The molecule has 2 amide bonds. The number of para-hydroxylation sites is 1. The van der Waals surface area contributed by atoms with Gasteiger partial charge in [0.05, 0.1) is 21.7 Å². The Morgan fingerprint density at radius 1 is 1.03 bits per heavy atom. The van der Waals surface area contributed by atoms with E-state index in [1.165, 1.54) is 30.3 Å². The molecule has 0 aliphatic carbocycles. The highest BCUT2D eigenvalue weighted by Crippen LogP contribution is 2.38. The van der Waals surface area contributed by atoms with Gasteiger partial charge in [0, 0.05) is 6.07 Å². The van der Waals surface area contributed by atoms with Gasteiger partial charge in [-0.15, -0.1) is 12.4 Å². The average Bonchev–Trinajstić information content (AvgIpc) is 2.65. The molecule has 0 aromatic heterocycles. The Hall–Kier alpha value is -1.90. The fourth-order valence-electron chi connectivity index (χ4n) is 2.48. The Labute approximate surface area is 189 Å². The molecule has 0 saturated heterocycles. The van der Waals surface area contributed by atoms with E-state index in [2.05, 4.69) is 0 Å². The van der Waals surface area contributed by atoms with Crippen LogP contribution in [0.4, 0.5) is 5.69 Å². The highest BCUT2D eigenvalue weighted by Gasteiger charge is 2.57. The molecule has 0 heterocycles. The molecule has 0 N–H and O–H groups in total. The fraction of sp³-hybridized carbons (Fsp3) is 0.222. The molecular formula is C18H18Cl4N3O4+. The van der Waals surface area contributed by atoms with Crippen LogP contribution >= 0.6 is 47.6 Å². The second-order valence-electron chi connectivity index (χ2n) is 6.85. The molecule has 0 radical (unpaired) electrons. The first kappa shape index (κ1) is 25.1. The van der Waals surface area contributed by atoms with E-state index >= 15 is 0 Å². The molecule has 0 aliphatic rings. The van der Waals surface area contributed by atoms with Gasteiger partial charge >= 0.3 is 11.8 Å². The van der Waals surface area contributed by atoms with Crippen molar-refractivity contribution in [3.63, 3.8) is 0 Å². The highest BCUT2D eigenvalue weighted by atomic mass is 35.5. The van der Waals surface area contributed by atoms with Gasteiger partial charge in [0.1, 0.15) is 16.7 Å². The summed E-state index contributed by atoms with van der Waals surface area (Å²) < 4.78 is -0.765. The van der Waals surface area contributed by atoms with Gasteiger partial charge in [0.15, 0.2) is 0 Å². The second-order valence-corrected chi connectivity index (χ2v) is 8.07. The summed E-state index contributed by atoms with van der Waals surface area (Å²) in [5.41, 5.74) is -1.82. The first-order chi connectivity index (χ1) is 12.9. The molecule has 2 rings (SSSR count). The van der Waals surface area contributed by atoms with Crippen molar-refractivity contribution < 1.29 is 18.6 Å². The van der Waals surface area contributed by atoms with Crippen molar-refractivity contribution in [3.05, 3.63) is 74.8 Å². The molecule has 156 valence electrons. The van der Waals surface area contributed by atoms with Gasteiger partial charge in [-0.3, -0.25) is 14.9 Å². The van der Waals surface area contributed by atoms with Crippen LogP contribution in [0, 0.1) is 10.1 Å². The van der Waals surface area contributed by atoms with Crippen LogP contribution in [0.1, 0.15) is 41.5 Å². The van der Waals surface area contributed by atoms with Crippen LogP contribution in [0.15, 0.2) is 48.5 Å². The summed E-state index contributed by atoms with van der Waals surface area (Å²) in [5.74, 6) is -1.76. The zero-order chi connectivity index (χ0) is 21.3. The molecule has 0 aliphatic heterocycles. The van der Waals surface area contributed by atoms with Crippen molar-refractivity contribution in [2.45, 2.75) is 26.3 Å². The molecule has 0 bridgehead atoms. The normalized spacial score (nSPS) is 13.0. The number of hydrogen-bond donors (Lipinski definition) is 0. The lowest BCUT2D eigenvalue weighted by Crippen LogP contribution is -2.64. The first-order valence-corrected chi connectivity index (χ1v) is 9.10. The molecule has 2 aromatic rings. The Bertz CT molecular complexity index is 949. The van der Waals surface area contributed by atoms with Crippen LogP contribution < -0.4 is 0 Å². The van der Waals surface area contributed by atoms with Crippen LogP contribution in [0.2, 0.25) is 5.02 Å². The number of carbonyl (C=O) groups excluding carboxylic acids is 2. The average molecular weight is 482 g/mol. The van der Waals surface area contributed by atoms with E-state index in [-0.39, 0.29) is 28.6 Å². The number of nitro groups is 1. The Balaban J connectivity index is 0.00000420. The third kappa shape index (κ3) is 4.65. The van der Waals surface area contributed by atoms with Crippen LogP contribution in [-0.4, -0.2) is 30.9 Å². The molecule has 0 fully saturated rings. The van der Waals surface area contributed by atoms with Gasteiger partial charge < -0.3 is 0 Å². The van der Waals surface area contributed by atoms with E-state index in [0.29, 0.717) is 4.53 Å². The summed E-state index contributed by atoms with van der Waals surface area (Å²) in [6.45, 7) is 4.78. The number of carbonyl (C=O) groups is 2. The lowest BCUT2D eigenvalue weighted by Gasteiger charge is -2.40. The fourth-order valence-corrected chi connectivity index (χ4v) is 3.24. The van der Waals surface area contributed by atoms with Gasteiger partial charge in [-0.05, 0) is 43.1 Å². The molecule has 7 nitrogen and oxygen atoms in total. The molecule has 1 unspecified atom stereocenters. The lowest BCUT2D eigenvalue weighted by atomic mass is 10.1. The topological polar surface area (TPSA) is 80.5 Å². The maximum atomic E-state index is 13.3. The minimum Gasteiger partial charge on any atom is -0.262 e. The molecule has 1 atom stereocenters. The number of halogens is 4. The summed E-state index contributed by atoms with van der Waals surface area (Å²) >= 11 is 19.0. The summed E-state index contributed by atoms with van der Waals surface area (Å²) in [5, 5.41) is 11.4. The summed E-state index contributed by atoms with van der Waals surface area (Å²) in [7, 11) is 0. The summed E-state index contributed by atoms with van der Waals surface area (Å²) in [6.07, 6.45) is 0. The first-order valence-electron chi connectivity index (χ1n) is 8.05. The number of nitrogens with zero attached hydrogens (tertiary/aromatic N) is 3. The lowest BCUT2D eigenvalue weighted by molar-refractivity contribution is -0.871. The number of nitro benzene ring substituents is 1.